The van der Waals surface area contributed by atoms with E-state index >= 15 is 0 Å². The van der Waals surface area contributed by atoms with E-state index in [-0.39, 0.29) is 19.0 Å². The summed E-state index contributed by atoms with van der Waals surface area (Å²) in [5, 5.41) is 2.42. The van der Waals surface area contributed by atoms with Crippen molar-refractivity contribution in [2.45, 2.75) is 51.7 Å². The minimum Gasteiger partial charge on any atom is -0.341 e. The van der Waals surface area contributed by atoms with Crippen LogP contribution in [0.25, 0.3) is 0 Å². The van der Waals surface area contributed by atoms with Crippen LogP contribution >= 0.6 is 0 Å². The van der Waals surface area contributed by atoms with E-state index in [4.69, 9.17) is 0 Å². The lowest BCUT2D eigenvalue weighted by atomic mass is 9.68. The van der Waals surface area contributed by atoms with Crippen LogP contribution in [0, 0.1) is 17.2 Å². The second-order valence-corrected chi connectivity index (χ2v) is 9.57. The molecule has 2 amide bonds. The number of hydrogen-bond acceptors (Lipinski definition) is 4. The summed E-state index contributed by atoms with van der Waals surface area (Å²) in [6, 6.07) is 4.19. The maximum atomic E-state index is 14.2. The third-order valence-corrected chi connectivity index (χ3v) is 7.05. The van der Waals surface area contributed by atoms with E-state index in [0.29, 0.717) is 31.0 Å². The summed E-state index contributed by atoms with van der Waals surface area (Å²) in [6.07, 6.45) is 0.354. The number of piperidine rings is 1. The average Bonchev–Trinajstić information content (AvgIpc) is 2.86. The standard InChI is InChI=1S/C26H29F4N3O3/c1-16(2)22(32-23(35)20-13-19(26(28,29)30)6-7-21(20)27)24(36)33-11-8-25(15-34,9-12-33)17(3)18-5-4-10-31-14-18/h4-7,10,13-17,22H,8-9,11-12H2,1-3H3,(H,32,35)/t17?,22-/m1/s1. The molecule has 1 aliphatic rings. The van der Waals surface area contributed by atoms with E-state index in [9.17, 15) is 31.9 Å². The molecule has 194 valence electrons. The maximum absolute atomic E-state index is 14.2. The smallest absolute Gasteiger partial charge is 0.341 e. The number of benzene rings is 1. The molecule has 1 aliphatic heterocycles. The topological polar surface area (TPSA) is 79.4 Å². The highest BCUT2D eigenvalue weighted by atomic mass is 19.4. The third kappa shape index (κ3) is 5.74. The molecule has 2 aromatic rings. The predicted octanol–water partition coefficient (Wildman–Crippen LogP) is 4.61. The fourth-order valence-corrected chi connectivity index (χ4v) is 4.57. The van der Waals surface area contributed by atoms with Crippen LogP contribution in [0.2, 0.25) is 0 Å². The molecule has 0 radical (unpaired) electrons. The van der Waals surface area contributed by atoms with Crippen molar-refractivity contribution >= 4 is 18.1 Å². The van der Waals surface area contributed by atoms with E-state index in [1.54, 1.807) is 32.3 Å². The van der Waals surface area contributed by atoms with Crippen LogP contribution in [-0.4, -0.2) is 47.1 Å². The first kappa shape index (κ1) is 27.3. The van der Waals surface area contributed by atoms with E-state index in [0.717, 1.165) is 11.8 Å². The number of aromatic nitrogens is 1. The number of hydrogen-bond donors (Lipinski definition) is 1. The lowest BCUT2D eigenvalue weighted by molar-refractivity contribution is -0.139. The van der Waals surface area contributed by atoms with Crippen molar-refractivity contribution < 1.29 is 31.9 Å². The average molecular weight is 508 g/mol. The van der Waals surface area contributed by atoms with Gasteiger partial charge in [0.2, 0.25) is 5.91 Å². The van der Waals surface area contributed by atoms with E-state index in [1.165, 1.54) is 4.90 Å². The molecule has 1 aromatic heterocycles. The first-order valence-electron chi connectivity index (χ1n) is 11.7. The van der Waals surface area contributed by atoms with E-state index in [1.807, 2.05) is 13.0 Å². The molecule has 6 nitrogen and oxygen atoms in total. The Bertz CT molecular complexity index is 1100. The Morgan fingerprint density at radius 2 is 1.81 bits per heavy atom. The molecule has 36 heavy (non-hydrogen) atoms. The Morgan fingerprint density at radius 3 is 2.33 bits per heavy atom. The molecule has 3 rings (SSSR count). The molecule has 0 spiro atoms. The zero-order valence-corrected chi connectivity index (χ0v) is 20.3. The Kier molecular flexibility index (Phi) is 8.15. The van der Waals surface area contributed by atoms with Gasteiger partial charge in [-0.2, -0.15) is 13.2 Å². The van der Waals surface area contributed by atoms with E-state index < -0.39 is 52.3 Å². The van der Waals surface area contributed by atoms with Crippen LogP contribution in [0.5, 0.6) is 0 Å². The Hall–Kier alpha value is -3.30. The Labute approximate surface area is 207 Å². The number of rotatable bonds is 7. The van der Waals surface area contributed by atoms with Crippen molar-refractivity contribution in [1.82, 2.24) is 15.2 Å². The molecule has 1 unspecified atom stereocenters. The lowest BCUT2D eigenvalue weighted by Crippen LogP contribution is -2.54. The van der Waals surface area contributed by atoms with Gasteiger partial charge in [0.25, 0.3) is 5.91 Å². The van der Waals surface area contributed by atoms with Crippen molar-refractivity contribution in [3.8, 4) is 0 Å². The number of carbonyl (C=O) groups excluding carboxylic acids is 3. The molecule has 2 heterocycles. The molecular weight excluding hydrogens is 478 g/mol. The van der Waals surface area contributed by atoms with Gasteiger partial charge >= 0.3 is 6.18 Å². The number of alkyl halides is 3. The van der Waals surface area contributed by atoms with Gasteiger partial charge in [0.15, 0.2) is 0 Å². The SMILES string of the molecule is CC(C)[C@@H](NC(=O)c1cc(C(F)(F)F)ccc1F)C(=O)N1CCC(C=O)(C(C)c2cccnc2)CC1. The summed E-state index contributed by atoms with van der Waals surface area (Å²) in [7, 11) is 0. The van der Waals surface area contributed by atoms with Gasteiger partial charge in [0.05, 0.1) is 11.1 Å². The van der Waals surface area contributed by atoms with Gasteiger partial charge in [-0.3, -0.25) is 14.6 Å². The van der Waals surface area contributed by atoms with Crippen molar-refractivity contribution in [3.05, 3.63) is 65.2 Å². The molecular formula is C26H29F4N3O3. The number of nitrogens with one attached hydrogen (secondary N) is 1. The van der Waals surface area contributed by atoms with Crippen molar-refractivity contribution in [3.63, 3.8) is 0 Å². The highest BCUT2D eigenvalue weighted by molar-refractivity contribution is 5.98. The minimum absolute atomic E-state index is 0.120. The maximum Gasteiger partial charge on any atom is 0.416 e. The molecule has 2 atom stereocenters. The molecule has 1 saturated heterocycles. The molecule has 1 aromatic carbocycles. The fraction of sp³-hybridized carbons (Fsp3) is 0.462. The first-order chi connectivity index (χ1) is 16.9. The van der Waals surface area contributed by atoms with Crippen LogP contribution in [0.15, 0.2) is 42.7 Å². The number of likely N-dealkylation sites (tertiary alicyclic amines) is 1. The first-order valence-corrected chi connectivity index (χ1v) is 11.7. The van der Waals surface area contributed by atoms with Crippen LogP contribution in [-0.2, 0) is 15.8 Å². The largest absolute Gasteiger partial charge is 0.416 e. The van der Waals surface area contributed by atoms with Crippen LogP contribution in [0.4, 0.5) is 17.6 Å². The van der Waals surface area contributed by atoms with Crippen molar-refractivity contribution in [2.75, 3.05) is 13.1 Å². The van der Waals surface area contributed by atoms with Crippen LogP contribution in [0.3, 0.4) is 0 Å². The van der Waals surface area contributed by atoms with Gasteiger partial charge < -0.3 is 15.0 Å². The highest BCUT2D eigenvalue weighted by Gasteiger charge is 2.42. The summed E-state index contributed by atoms with van der Waals surface area (Å²) >= 11 is 0. The quantitative estimate of drug-likeness (QED) is 0.439. The van der Waals surface area contributed by atoms with Crippen molar-refractivity contribution in [1.29, 1.82) is 0 Å². The summed E-state index contributed by atoms with van der Waals surface area (Å²) < 4.78 is 53.3. The van der Waals surface area contributed by atoms with Crippen LogP contribution in [0.1, 0.15) is 61.0 Å². The number of amides is 2. The number of pyridine rings is 1. The summed E-state index contributed by atoms with van der Waals surface area (Å²) in [5.74, 6) is -3.18. The molecule has 10 heteroatoms. The Balaban J connectivity index is 1.74. The van der Waals surface area contributed by atoms with Crippen LogP contribution < -0.4 is 5.32 Å². The summed E-state index contributed by atoms with van der Waals surface area (Å²) in [5.41, 5.74) is -1.71. The van der Waals surface area contributed by atoms with Gasteiger partial charge in [-0.1, -0.05) is 26.8 Å². The monoisotopic (exact) mass is 507 g/mol. The molecule has 0 bridgehead atoms. The van der Waals surface area contributed by atoms with Crippen molar-refractivity contribution in [2.24, 2.45) is 11.3 Å². The van der Waals surface area contributed by atoms with E-state index in [2.05, 4.69) is 10.3 Å². The summed E-state index contributed by atoms with van der Waals surface area (Å²) in [6.45, 7) is 5.83. The van der Waals surface area contributed by atoms with Gasteiger partial charge in [-0.15, -0.1) is 0 Å². The zero-order chi connectivity index (χ0) is 26.7. The summed E-state index contributed by atoms with van der Waals surface area (Å²) in [4.78, 5) is 43.8. The number of halogens is 4. The fourth-order valence-electron chi connectivity index (χ4n) is 4.57. The second kappa shape index (κ2) is 10.8. The molecule has 0 saturated carbocycles. The van der Waals surface area contributed by atoms with Gasteiger partial charge in [-0.05, 0) is 54.5 Å². The zero-order valence-electron chi connectivity index (χ0n) is 20.3. The number of aldehydes is 1. The third-order valence-electron chi connectivity index (χ3n) is 7.05. The lowest BCUT2D eigenvalue weighted by Gasteiger charge is -2.43. The number of carbonyl (C=O) groups is 3. The van der Waals surface area contributed by atoms with Gasteiger partial charge in [-0.25, -0.2) is 4.39 Å². The highest BCUT2D eigenvalue weighted by Crippen LogP contribution is 2.42. The predicted molar refractivity (Wildman–Crippen MR) is 124 cm³/mol. The molecule has 0 aliphatic carbocycles. The second-order valence-electron chi connectivity index (χ2n) is 9.57. The molecule has 1 fully saturated rings. The normalized spacial score (nSPS) is 17.4. The Morgan fingerprint density at radius 1 is 1.14 bits per heavy atom. The van der Waals surface area contributed by atoms with Gasteiger partial charge in [0.1, 0.15) is 18.1 Å². The minimum atomic E-state index is -4.75. The number of nitrogens with zero attached hydrogens (tertiary/aromatic N) is 2. The van der Waals surface area contributed by atoms with Gasteiger partial charge in [0, 0.05) is 30.9 Å². The molecule has 1 N–H and O–H groups in total.